The van der Waals surface area contributed by atoms with E-state index in [0.717, 1.165) is 32.2 Å². The highest BCUT2D eigenvalue weighted by atomic mass is 16.5. The quantitative estimate of drug-likeness (QED) is 0.387. The molecule has 3 heterocycles. The maximum atomic E-state index is 13.4. The number of hydrogen-bond donors (Lipinski definition) is 1. The number of aromatic nitrogens is 4. The van der Waals surface area contributed by atoms with E-state index in [4.69, 9.17) is 15.2 Å². The van der Waals surface area contributed by atoms with Crippen molar-refractivity contribution in [2.24, 2.45) is 11.7 Å². The summed E-state index contributed by atoms with van der Waals surface area (Å²) in [5, 5.41) is 0. The highest BCUT2D eigenvalue weighted by molar-refractivity contribution is 6.13. The molecule has 0 radical (unpaired) electrons. The lowest BCUT2D eigenvalue weighted by atomic mass is 9.81. The number of likely N-dealkylation sites (tertiary alicyclic amines) is 1. The van der Waals surface area contributed by atoms with Gasteiger partial charge in [0.2, 0.25) is 11.8 Å². The fourth-order valence-corrected chi connectivity index (χ4v) is 4.73. The van der Waals surface area contributed by atoms with Crippen LogP contribution >= 0.6 is 0 Å². The Kier molecular flexibility index (Phi) is 8.58. The summed E-state index contributed by atoms with van der Waals surface area (Å²) >= 11 is 0. The number of carbonyl (C=O) groups excluding carboxylic acids is 2. The van der Waals surface area contributed by atoms with Crippen LogP contribution in [-0.4, -0.2) is 62.6 Å². The fraction of sp³-hybridized carbons (Fsp3) is 0.538. The zero-order valence-electron chi connectivity index (χ0n) is 21.0. The van der Waals surface area contributed by atoms with E-state index >= 15 is 0 Å². The molecule has 0 aromatic carbocycles. The first-order valence-corrected chi connectivity index (χ1v) is 12.7. The molecule has 0 bridgehead atoms. The fourth-order valence-electron chi connectivity index (χ4n) is 4.73. The van der Waals surface area contributed by atoms with Crippen molar-refractivity contribution >= 4 is 17.3 Å². The molecule has 0 unspecified atom stereocenters. The Morgan fingerprint density at radius 1 is 1.14 bits per heavy atom. The van der Waals surface area contributed by atoms with E-state index in [-0.39, 0.29) is 35.0 Å². The number of carbonyl (C=O) groups is 2. The summed E-state index contributed by atoms with van der Waals surface area (Å²) in [6.07, 6.45) is 10.4. The molecule has 2 fully saturated rings. The molecule has 1 saturated carbocycles. The summed E-state index contributed by atoms with van der Waals surface area (Å²) in [7, 11) is 2.08. The SMILES string of the molecule is CCC/C(C(=O)[C@H]1CCCCC1=O)=C(/N)c1nc(OC[C@@H]2CCCN2C)cc(Oc2cncnc2)n1. The smallest absolute Gasteiger partial charge is 0.226 e. The lowest BCUT2D eigenvalue weighted by Gasteiger charge is -2.22. The topological polar surface area (TPSA) is 133 Å². The molecule has 1 saturated heterocycles. The van der Waals surface area contributed by atoms with Crippen molar-refractivity contribution in [3.8, 4) is 17.5 Å². The first-order valence-electron chi connectivity index (χ1n) is 12.7. The molecule has 2 atom stereocenters. The van der Waals surface area contributed by atoms with E-state index in [1.807, 2.05) is 6.92 Å². The molecule has 2 aromatic heterocycles. The van der Waals surface area contributed by atoms with Gasteiger partial charge in [-0.05, 0) is 45.7 Å². The van der Waals surface area contributed by atoms with Gasteiger partial charge < -0.3 is 20.1 Å². The molecule has 10 heteroatoms. The van der Waals surface area contributed by atoms with E-state index in [9.17, 15) is 9.59 Å². The molecule has 2 N–H and O–H groups in total. The van der Waals surface area contributed by atoms with Crippen LogP contribution in [0.2, 0.25) is 0 Å². The highest BCUT2D eigenvalue weighted by Crippen LogP contribution is 2.29. The maximum Gasteiger partial charge on any atom is 0.226 e. The zero-order chi connectivity index (χ0) is 25.5. The summed E-state index contributed by atoms with van der Waals surface area (Å²) in [6.45, 7) is 3.46. The summed E-state index contributed by atoms with van der Waals surface area (Å²) in [4.78, 5) is 45.1. The monoisotopic (exact) mass is 494 g/mol. The van der Waals surface area contributed by atoms with E-state index in [0.29, 0.717) is 49.5 Å². The molecule has 192 valence electrons. The van der Waals surface area contributed by atoms with Gasteiger partial charge in [-0.2, -0.15) is 9.97 Å². The highest BCUT2D eigenvalue weighted by Gasteiger charge is 2.32. The minimum absolute atomic E-state index is 0.0144. The molecule has 2 aliphatic rings. The molecule has 1 aliphatic heterocycles. The first-order chi connectivity index (χ1) is 17.5. The van der Waals surface area contributed by atoms with Crippen molar-refractivity contribution in [2.45, 2.75) is 64.3 Å². The van der Waals surface area contributed by atoms with Crippen molar-refractivity contribution in [3.63, 3.8) is 0 Å². The van der Waals surface area contributed by atoms with Gasteiger partial charge in [0.05, 0.1) is 30.1 Å². The standard InChI is InChI=1S/C26H34N6O4/c1-3-7-20(25(34)19-9-4-5-10-21(19)33)24(27)26-30-22(35-15-17-8-6-11-32(17)2)12-23(31-26)36-18-13-28-16-29-14-18/h12-14,16-17,19H,3-11,15,27H2,1-2H3/b24-20-/t17-,19-/m0/s1. The Bertz CT molecular complexity index is 1110. The molecule has 36 heavy (non-hydrogen) atoms. The van der Waals surface area contributed by atoms with Crippen LogP contribution in [0.1, 0.15) is 64.1 Å². The molecule has 1 aliphatic carbocycles. The van der Waals surface area contributed by atoms with Crippen LogP contribution < -0.4 is 15.2 Å². The second-order valence-corrected chi connectivity index (χ2v) is 9.40. The summed E-state index contributed by atoms with van der Waals surface area (Å²) in [5.41, 5.74) is 7.07. The third kappa shape index (κ3) is 6.23. The normalized spacial score (nSPS) is 21.2. The average Bonchev–Trinajstić information content (AvgIpc) is 3.30. The summed E-state index contributed by atoms with van der Waals surface area (Å²) in [6, 6.07) is 1.88. The minimum atomic E-state index is -0.645. The van der Waals surface area contributed by atoms with E-state index in [1.54, 1.807) is 6.07 Å². The van der Waals surface area contributed by atoms with E-state index in [1.165, 1.54) is 18.7 Å². The second-order valence-electron chi connectivity index (χ2n) is 9.40. The number of allylic oxidation sites excluding steroid dienone is 1. The van der Waals surface area contributed by atoms with Crippen LogP contribution in [0, 0.1) is 5.92 Å². The van der Waals surface area contributed by atoms with E-state index in [2.05, 4.69) is 31.9 Å². The van der Waals surface area contributed by atoms with Crippen molar-refractivity contribution in [1.29, 1.82) is 0 Å². The van der Waals surface area contributed by atoms with Crippen LogP contribution in [0.25, 0.3) is 5.70 Å². The third-order valence-electron chi connectivity index (χ3n) is 6.77. The Morgan fingerprint density at radius 2 is 1.92 bits per heavy atom. The van der Waals surface area contributed by atoms with Gasteiger partial charge in [-0.3, -0.25) is 9.59 Å². The number of Topliss-reactive ketones (excluding diaryl/α,β-unsaturated/α-hetero) is 2. The van der Waals surface area contributed by atoms with Crippen LogP contribution in [-0.2, 0) is 9.59 Å². The molecular weight excluding hydrogens is 460 g/mol. The van der Waals surface area contributed by atoms with Crippen molar-refractivity contribution in [2.75, 3.05) is 20.2 Å². The van der Waals surface area contributed by atoms with E-state index < -0.39 is 5.92 Å². The molecule has 10 nitrogen and oxygen atoms in total. The van der Waals surface area contributed by atoms with Crippen LogP contribution in [0.5, 0.6) is 17.5 Å². The minimum Gasteiger partial charge on any atom is -0.476 e. The Labute approximate surface area is 211 Å². The second kappa shape index (κ2) is 12.0. The van der Waals surface area contributed by atoms with Gasteiger partial charge in [0.1, 0.15) is 18.7 Å². The molecule has 0 spiro atoms. The zero-order valence-corrected chi connectivity index (χ0v) is 21.0. The predicted octanol–water partition coefficient (Wildman–Crippen LogP) is 3.33. The largest absolute Gasteiger partial charge is 0.476 e. The van der Waals surface area contributed by atoms with Gasteiger partial charge >= 0.3 is 0 Å². The van der Waals surface area contributed by atoms with Gasteiger partial charge in [0.15, 0.2) is 17.4 Å². The number of rotatable bonds is 10. The van der Waals surface area contributed by atoms with Crippen molar-refractivity contribution in [1.82, 2.24) is 24.8 Å². The predicted molar refractivity (Wildman–Crippen MR) is 133 cm³/mol. The van der Waals surface area contributed by atoms with Crippen LogP contribution in [0.15, 0.2) is 30.4 Å². The van der Waals surface area contributed by atoms with Gasteiger partial charge in [0.25, 0.3) is 0 Å². The van der Waals surface area contributed by atoms with Gasteiger partial charge in [-0.1, -0.05) is 19.8 Å². The Balaban J connectivity index is 1.67. The number of likely N-dealkylation sites (N-methyl/N-ethyl adjacent to an activating group) is 1. The molecule has 0 amide bonds. The average molecular weight is 495 g/mol. The van der Waals surface area contributed by atoms with Crippen molar-refractivity contribution < 1.29 is 19.1 Å². The number of nitrogens with zero attached hydrogens (tertiary/aromatic N) is 5. The summed E-state index contributed by atoms with van der Waals surface area (Å²) in [5.74, 6) is 0.146. The van der Waals surface area contributed by atoms with Gasteiger partial charge in [0, 0.05) is 18.0 Å². The lowest BCUT2D eigenvalue weighted by molar-refractivity contribution is -0.132. The van der Waals surface area contributed by atoms with Crippen molar-refractivity contribution in [3.05, 3.63) is 36.2 Å². The molecular formula is C26H34N6O4. The number of ether oxygens (including phenoxy) is 2. The lowest BCUT2D eigenvalue weighted by Crippen LogP contribution is -2.31. The van der Waals surface area contributed by atoms with Gasteiger partial charge in [-0.25, -0.2) is 9.97 Å². The Morgan fingerprint density at radius 3 is 2.61 bits per heavy atom. The maximum absolute atomic E-state index is 13.4. The Hall–Kier alpha value is -3.40. The summed E-state index contributed by atoms with van der Waals surface area (Å²) < 4.78 is 11.9. The molecule has 2 aromatic rings. The first kappa shape index (κ1) is 25.7. The van der Waals surface area contributed by atoms with Crippen LogP contribution in [0.4, 0.5) is 0 Å². The van der Waals surface area contributed by atoms with Crippen LogP contribution in [0.3, 0.4) is 0 Å². The molecule has 4 rings (SSSR count). The number of hydrogen-bond acceptors (Lipinski definition) is 10. The third-order valence-corrected chi connectivity index (χ3v) is 6.77. The van der Waals surface area contributed by atoms with Gasteiger partial charge in [-0.15, -0.1) is 0 Å². The number of nitrogens with two attached hydrogens (primary N) is 1. The number of ketones is 2.